The van der Waals surface area contributed by atoms with E-state index in [1.807, 2.05) is 31.2 Å². The summed E-state index contributed by atoms with van der Waals surface area (Å²) in [4.78, 5) is 28.3. The Morgan fingerprint density at radius 1 is 0.963 bits per heavy atom. The van der Waals surface area contributed by atoms with Crippen LogP contribution in [0.5, 0.6) is 5.75 Å². The first-order chi connectivity index (χ1) is 13.1. The maximum atomic E-state index is 13.0. The lowest BCUT2D eigenvalue weighted by atomic mass is 10.1. The van der Waals surface area contributed by atoms with Crippen molar-refractivity contribution in [2.75, 3.05) is 32.8 Å². The van der Waals surface area contributed by atoms with Gasteiger partial charge < -0.3 is 14.5 Å². The second kappa shape index (κ2) is 8.66. The lowest BCUT2D eigenvalue weighted by Gasteiger charge is -2.34. The Kier molecular flexibility index (Phi) is 6.06. The molecule has 0 saturated carbocycles. The van der Waals surface area contributed by atoms with Crippen LogP contribution in [0.15, 0.2) is 48.5 Å². The van der Waals surface area contributed by atoms with Gasteiger partial charge in [-0.25, -0.2) is 4.39 Å². The van der Waals surface area contributed by atoms with Crippen molar-refractivity contribution in [2.45, 2.75) is 13.3 Å². The molecule has 0 atom stereocenters. The van der Waals surface area contributed by atoms with Gasteiger partial charge in [0.25, 0.3) is 11.8 Å². The van der Waals surface area contributed by atoms with Crippen molar-refractivity contribution < 1.29 is 18.7 Å². The molecular weight excluding hydrogens is 347 g/mol. The molecule has 2 amide bonds. The highest BCUT2D eigenvalue weighted by Gasteiger charge is 2.25. The van der Waals surface area contributed by atoms with Crippen molar-refractivity contribution in [3.63, 3.8) is 0 Å². The number of para-hydroxylation sites is 1. The Morgan fingerprint density at radius 2 is 1.59 bits per heavy atom. The summed E-state index contributed by atoms with van der Waals surface area (Å²) in [6, 6.07) is 13.2. The molecule has 1 fully saturated rings. The number of rotatable bonds is 5. The van der Waals surface area contributed by atoms with Gasteiger partial charge in [0.2, 0.25) is 0 Å². The van der Waals surface area contributed by atoms with E-state index in [1.165, 1.54) is 24.3 Å². The zero-order valence-electron chi connectivity index (χ0n) is 15.4. The molecular formula is C21H23FN2O3. The molecule has 1 saturated heterocycles. The van der Waals surface area contributed by atoms with Gasteiger partial charge in [-0.05, 0) is 42.3 Å². The number of piperazine rings is 1. The Labute approximate surface area is 158 Å². The van der Waals surface area contributed by atoms with E-state index in [0.29, 0.717) is 31.7 Å². The van der Waals surface area contributed by atoms with Crippen LogP contribution in [0.1, 0.15) is 22.8 Å². The predicted molar refractivity (Wildman–Crippen MR) is 100 cm³/mol. The van der Waals surface area contributed by atoms with Gasteiger partial charge in [-0.3, -0.25) is 9.59 Å². The lowest BCUT2D eigenvalue weighted by molar-refractivity contribution is -0.134. The quantitative estimate of drug-likeness (QED) is 0.813. The molecule has 5 nitrogen and oxygen atoms in total. The molecule has 142 valence electrons. The number of amides is 2. The summed E-state index contributed by atoms with van der Waals surface area (Å²) in [6.45, 7) is 3.86. The van der Waals surface area contributed by atoms with Crippen LogP contribution in [0.4, 0.5) is 4.39 Å². The molecule has 1 heterocycles. The van der Waals surface area contributed by atoms with E-state index in [0.717, 1.165) is 17.7 Å². The van der Waals surface area contributed by atoms with Crippen molar-refractivity contribution in [2.24, 2.45) is 0 Å². The van der Waals surface area contributed by atoms with Crippen LogP contribution in [0.2, 0.25) is 0 Å². The van der Waals surface area contributed by atoms with Gasteiger partial charge >= 0.3 is 0 Å². The van der Waals surface area contributed by atoms with Crippen molar-refractivity contribution in [3.05, 3.63) is 65.5 Å². The summed E-state index contributed by atoms with van der Waals surface area (Å²) < 4.78 is 18.7. The van der Waals surface area contributed by atoms with Crippen molar-refractivity contribution >= 4 is 11.8 Å². The minimum Gasteiger partial charge on any atom is -0.483 e. The van der Waals surface area contributed by atoms with E-state index < -0.39 is 0 Å². The fourth-order valence-electron chi connectivity index (χ4n) is 3.10. The number of halogens is 1. The number of carbonyl (C=O) groups is 2. The number of hydrogen-bond acceptors (Lipinski definition) is 3. The summed E-state index contributed by atoms with van der Waals surface area (Å²) in [6.07, 6.45) is 0.842. The highest BCUT2D eigenvalue weighted by molar-refractivity contribution is 5.94. The summed E-state index contributed by atoms with van der Waals surface area (Å²) in [7, 11) is 0. The van der Waals surface area contributed by atoms with Gasteiger partial charge in [-0.1, -0.05) is 25.1 Å². The average molecular weight is 370 g/mol. The molecule has 1 aliphatic rings. The van der Waals surface area contributed by atoms with Gasteiger partial charge in [-0.15, -0.1) is 0 Å². The number of carbonyl (C=O) groups excluding carboxylic acids is 2. The topological polar surface area (TPSA) is 49.9 Å². The zero-order chi connectivity index (χ0) is 19.2. The molecule has 1 aliphatic heterocycles. The van der Waals surface area contributed by atoms with E-state index in [2.05, 4.69) is 0 Å². The first-order valence-electron chi connectivity index (χ1n) is 9.12. The van der Waals surface area contributed by atoms with Crippen LogP contribution < -0.4 is 4.74 Å². The summed E-state index contributed by atoms with van der Waals surface area (Å²) in [5.74, 6) is 0.134. The molecule has 0 radical (unpaired) electrons. The van der Waals surface area contributed by atoms with Gasteiger partial charge in [0, 0.05) is 31.7 Å². The smallest absolute Gasteiger partial charge is 0.260 e. The fraction of sp³-hybridized carbons (Fsp3) is 0.333. The van der Waals surface area contributed by atoms with Crippen LogP contribution in [0, 0.1) is 5.82 Å². The lowest BCUT2D eigenvalue weighted by Crippen LogP contribution is -2.51. The molecule has 0 N–H and O–H groups in total. The number of nitrogens with zero attached hydrogens (tertiary/aromatic N) is 2. The van der Waals surface area contributed by atoms with Crippen molar-refractivity contribution in [3.8, 4) is 5.75 Å². The van der Waals surface area contributed by atoms with Gasteiger partial charge in [0.1, 0.15) is 11.6 Å². The molecule has 0 aliphatic carbocycles. The highest BCUT2D eigenvalue weighted by atomic mass is 19.1. The third kappa shape index (κ3) is 4.64. The standard InChI is InChI=1S/C21H23FN2O3/c1-2-16-5-3-4-6-19(16)27-15-20(25)23-11-13-24(14-12-23)21(26)17-7-9-18(22)10-8-17/h3-10H,2,11-15H2,1H3. The van der Waals surface area contributed by atoms with Crippen molar-refractivity contribution in [1.29, 1.82) is 0 Å². The maximum Gasteiger partial charge on any atom is 0.260 e. The number of benzene rings is 2. The predicted octanol–water partition coefficient (Wildman–Crippen LogP) is 2.75. The minimum absolute atomic E-state index is 0.0110. The van der Waals surface area contributed by atoms with E-state index in [1.54, 1.807) is 9.80 Å². The van der Waals surface area contributed by atoms with E-state index >= 15 is 0 Å². The van der Waals surface area contributed by atoms with Gasteiger partial charge in [-0.2, -0.15) is 0 Å². The SMILES string of the molecule is CCc1ccccc1OCC(=O)N1CCN(C(=O)c2ccc(F)cc2)CC1. The normalized spacial score (nSPS) is 14.1. The van der Waals surface area contributed by atoms with E-state index in [-0.39, 0.29) is 24.2 Å². The van der Waals surface area contributed by atoms with Crippen LogP contribution in [0.3, 0.4) is 0 Å². The zero-order valence-corrected chi connectivity index (χ0v) is 15.4. The number of ether oxygens (including phenoxy) is 1. The van der Waals surface area contributed by atoms with Crippen LogP contribution >= 0.6 is 0 Å². The molecule has 0 unspecified atom stereocenters. The molecule has 6 heteroatoms. The van der Waals surface area contributed by atoms with E-state index in [4.69, 9.17) is 4.74 Å². The highest BCUT2D eigenvalue weighted by Crippen LogP contribution is 2.18. The molecule has 0 aromatic heterocycles. The molecule has 0 bridgehead atoms. The number of aryl methyl sites for hydroxylation is 1. The summed E-state index contributed by atoms with van der Waals surface area (Å²) in [5, 5.41) is 0. The average Bonchev–Trinajstić information content (AvgIpc) is 2.72. The molecule has 2 aromatic rings. The van der Waals surface area contributed by atoms with Crippen LogP contribution in [0.25, 0.3) is 0 Å². The first-order valence-corrected chi connectivity index (χ1v) is 9.12. The number of hydrogen-bond donors (Lipinski definition) is 0. The largest absolute Gasteiger partial charge is 0.483 e. The van der Waals surface area contributed by atoms with Gasteiger partial charge in [0.15, 0.2) is 6.61 Å². The second-order valence-electron chi connectivity index (χ2n) is 6.43. The van der Waals surface area contributed by atoms with Crippen molar-refractivity contribution in [1.82, 2.24) is 9.80 Å². The second-order valence-corrected chi connectivity index (χ2v) is 6.43. The fourth-order valence-corrected chi connectivity index (χ4v) is 3.10. The van der Waals surface area contributed by atoms with Crippen LogP contribution in [-0.2, 0) is 11.2 Å². The molecule has 27 heavy (non-hydrogen) atoms. The van der Waals surface area contributed by atoms with Crippen LogP contribution in [-0.4, -0.2) is 54.4 Å². The Morgan fingerprint density at radius 3 is 2.26 bits per heavy atom. The Bertz CT molecular complexity index is 799. The van der Waals surface area contributed by atoms with E-state index in [9.17, 15) is 14.0 Å². The monoisotopic (exact) mass is 370 g/mol. The summed E-state index contributed by atoms with van der Waals surface area (Å²) >= 11 is 0. The maximum absolute atomic E-state index is 13.0. The third-order valence-electron chi connectivity index (χ3n) is 4.72. The first kappa shape index (κ1) is 18.9. The third-order valence-corrected chi connectivity index (χ3v) is 4.72. The Hall–Kier alpha value is -2.89. The molecule has 3 rings (SSSR count). The Balaban J connectivity index is 1.50. The molecule has 0 spiro atoms. The molecule has 2 aromatic carbocycles. The summed E-state index contributed by atoms with van der Waals surface area (Å²) in [5.41, 5.74) is 1.52. The minimum atomic E-state index is -0.369. The van der Waals surface area contributed by atoms with Gasteiger partial charge in [0.05, 0.1) is 0 Å².